The van der Waals surface area contributed by atoms with Crippen LogP contribution < -0.4 is 9.47 Å². The van der Waals surface area contributed by atoms with Crippen LogP contribution in [-0.4, -0.2) is 18.0 Å². The van der Waals surface area contributed by atoms with Crippen LogP contribution in [0.15, 0.2) is 53.7 Å². The van der Waals surface area contributed by atoms with E-state index in [1.165, 1.54) is 0 Å². The maximum Gasteiger partial charge on any atom is 0.119 e. The molecule has 2 aromatic rings. The standard InChI is InChI=1S/C16H17NO3/c1-12(17-18)14-6-8-15(9-7-14)20-11-13-4-3-5-16(10-13)19-2/h3-10,18H,11H2,1-2H3/b17-12+. The van der Waals surface area contributed by atoms with Gasteiger partial charge in [-0.25, -0.2) is 0 Å². The molecule has 4 nitrogen and oxygen atoms in total. The molecular weight excluding hydrogens is 254 g/mol. The summed E-state index contributed by atoms with van der Waals surface area (Å²) in [6.07, 6.45) is 0. The van der Waals surface area contributed by atoms with Gasteiger partial charge in [-0.1, -0.05) is 17.3 Å². The van der Waals surface area contributed by atoms with Gasteiger partial charge in [0.05, 0.1) is 12.8 Å². The van der Waals surface area contributed by atoms with Gasteiger partial charge in [-0.2, -0.15) is 0 Å². The van der Waals surface area contributed by atoms with Gasteiger partial charge in [0.25, 0.3) is 0 Å². The van der Waals surface area contributed by atoms with E-state index in [0.29, 0.717) is 12.3 Å². The van der Waals surface area contributed by atoms with E-state index in [4.69, 9.17) is 14.7 Å². The van der Waals surface area contributed by atoms with Crippen molar-refractivity contribution in [3.05, 3.63) is 59.7 Å². The van der Waals surface area contributed by atoms with Crippen LogP contribution in [0.3, 0.4) is 0 Å². The molecule has 20 heavy (non-hydrogen) atoms. The minimum absolute atomic E-state index is 0.476. The summed E-state index contributed by atoms with van der Waals surface area (Å²) in [6.45, 7) is 2.22. The first-order chi connectivity index (χ1) is 9.72. The molecule has 1 N–H and O–H groups in total. The summed E-state index contributed by atoms with van der Waals surface area (Å²) in [7, 11) is 1.64. The number of benzene rings is 2. The van der Waals surface area contributed by atoms with E-state index in [9.17, 15) is 0 Å². The number of rotatable bonds is 5. The summed E-state index contributed by atoms with van der Waals surface area (Å²) in [4.78, 5) is 0. The highest BCUT2D eigenvalue weighted by Crippen LogP contribution is 2.17. The van der Waals surface area contributed by atoms with Crippen molar-refractivity contribution >= 4 is 5.71 Å². The Balaban J connectivity index is 2.00. The number of methoxy groups -OCH3 is 1. The molecule has 0 spiro atoms. The molecule has 104 valence electrons. The minimum atomic E-state index is 0.476. The van der Waals surface area contributed by atoms with Gasteiger partial charge in [0, 0.05) is 0 Å². The van der Waals surface area contributed by atoms with E-state index in [1.807, 2.05) is 48.5 Å². The van der Waals surface area contributed by atoms with Gasteiger partial charge in [-0.3, -0.25) is 0 Å². The molecule has 0 amide bonds. The highest BCUT2D eigenvalue weighted by molar-refractivity contribution is 5.98. The minimum Gasteiger partial charge on any atom is -0.497 e. The zero-order chi connectivity index (χ0) is 14.4. The van der Waals surface area contributed by atoms with Crippen molar-refractivity contribution in [3.8, 4) is 11.5 Å². The normalized spacial score (nSPS) is 11.2. The average Bonchev–Trinajstić information content (AvgIpc) is 2.53. The molecule has 0 saturated heterocycles. The molecule has 0 fully saturated rings. The topological polar surface area (TPSA) is 51.0 Å². The summed E-state index contributed by atoms with van der Waals surface area (Å²) in [5.74, 6) is 1.58. The fourth-order valence-corrected chi connectivity index (χ4v) is 1.78. The molecule has 0 radical (unpaired) electrons. The second kappa shape index (κ2) is 6.61. The van der Waals surface area contributed by atoms with Crippen molar-refractivity contribution < 1.29 is 14.7 Å². The molecule has 2 rings (SSSR count). The van der Waals surface area contributed by atoms with E-state index >= 15 is 0 Å². The second-order valence-electron chi connectivity index (χ2n) is 4.35. The van der Waals surface area contributed by atoms with Crippen LogP contribution in [-0.2, 0) is 6.61 Å². The predicted octanol–water partition coefficient (Wildman–Crippen LogP) is 3.47. The Morgan fingerprint density at radius 2 is 1.85 bits per heavy atom. The summed E-state index contributed by atoms with van der Waals surface area (Å²) >= 11 is 0. The third-order valence-corrected chi connectivity index (χ3v) is 2.96. The summed E-state index contributed by atoms with van der Waals surface area (Å²) in [5, 5.41) is 11.9. The molecular formula is C16H17NO3. The van der Waals surface area contributed by atoms with Crippen LogP contribution in [0.25, 0.3) is 0 Å². The fourth-order valence-electron chi connectivity index (χ4n) is 1.78. The molecule has 0 atom stereocenters. The summed E-state index contributed by atoms with van der Waals surface area (Å²) < 4.78 is 10.9. The van der Waals surface area contributed by atoms with Crippen molar-refractivity contribution in [3.63, 3.8) is 0 Å². The first-order valence-corrected chi connectivity index (χ1v) is 6.28. The maximum atomic E-state index is 8.70. The van der Waals surface area contributed by atoms with E-state index in [-0.39, 0.29) is 0 Å². The quantitative estimate of drug-likeness (QED) is 0.514. The fraction of sp³-hybridized carbons (Fsp3) is 0.188. The van der Waals surface area contributed by atoms with Gasteiger partial charge in [0.1, 0.15) is 18.1 Å². The first-order valence-electron chi connectivity index (χ1n) is 6.28. The van der Waals surface area contributed by atoms with Crippen LogP contribution in [0.1, 0.15) is 18.1 Å². The molecule has 0 bridgehead atoms. The lowest BCUT2D eigenvalue weighted by Crippen LogP contribution is -1.97. The van der Waals surface area contributed by atoms with E-state index in [1.54, 1.807) is 14.0 Å². The van der Waals surface area contributed by atoms with Gasteiger partial charge in [-0.05, 0) is 54.4 Å². The number of hydrogen-bond donors (Lipinski definition) is 1. The Morgan fingerprint density at radius 1 is 1.10 bits per heavy atom. The number of oxime groups is 1. The van der Waals surface area contributed by atoms with Crippen molar-refractivity contribution in [1.29, 1.82) is 0 Å². The molecule has 0 aliphatic carbocycles. The zero-order valence-electron chi connectivity index (χ0n) is 11.5. The SMILES string of the molecule is COc1cccc(COc2ccc(/C(C)=N/O)cc2)c1. The molecule has 2 aromatic carbocycles. The molecule has 0 aromatic heterocycles. The van der Waals surface area contributed by atoms with Gasteiger partial charge >= 0.3 is 0 Å². The van der Waals surface area contributed by atoms with Crippen molar-refractivity contribution in [1.82, 2.24) is 0 Å². The molecule has 4 heteroatoms. The Kier molecular flexibility index (Phi) is 4.60. The lowest BCUT2D eigenvalue weighted by Gasteiger charge is -2.08. The zero-order valence-corrected chi connectivity index (χ0v) is 11.5. The van der Waals surface area contributed by atoms with E-state index in [0.717, 1.165) is 22.6 Å². The van der Waals surface area contributed by atoms with Crippen molar-refractivity contribution in [2.45, 2.75) is 13.5 Å². The highest BCUT2D eigenvalue weighted by Gasteiger charge is 2.00. The van der Waals surface area contributed by atoms with Gasteiger partial charge in [-0.15, -0.1) is 0 Å². The van der Waals surface area contributed by atoms with Crippen LogP contribution in [0.4, 0.5) is 0 Å². The maximum absolute atomic E-state index is 8.70. The van der Waals surface area contributed by atoms with Crippen molar-refractivity contribution in [2.24, 2.45) is 5.16 Å². The van der Waals surface area contributed by atoms with Crippen LogP contribution in [0.2, 0.25) is 0 Å². The van der Waals surface area contributed by atoms with Crippen LogP contribution >= 0.6 is 0 Å². The summed E-state index contributed by atoms with van der Waals surface area (Å²) in [6, 6.07) is 15.2. The van der Waals surface area contributed by atoms with Crippen molar-refractivity contribution in [2.75, 3.05) is 7.11 Å². The molecule has 0 saturated carbocycles. The lowest BCUT2D eigenvalue weighted by atomic mass is 10.1. The Morgan fingerprint density at radius 3 is 2.50 bits per heavy atom. The van der Waals surface area contributed by atoms with Gasteiger partial charge in [0.2, 0.25) is 0 Å². The predicted molar refractivity (Wildman–Crippen MR) is 77.8 cm³/mol. The number of ether oxygens (including phenoxy) is 2. The molecule has 0 aliphatic rings. The number of nitrogens with zero attached hydrogens (tertiary/aromatic N) is 1. The lowest BCUT2D eigenvalue weighted by molar-refractivity contribution is 0.305. The Hall–Kier alpha value is -2.49. The first kappa shape index (κ1) is 13.9. The van der Waals surface area contributed by atoms with E-state index in [2.05, 4.69) is 5.16 Å². The van der Waals surface area contributed by atoms with Gasteiger partial charge in [0.15, 0.2) is 0 Å². The average molecular weight is 271 g/mol. The summed E-state index contributed by atoms with van der Waals surface area (Å²) in [5.41, 5.74) is 2.48. The van der Waals surface area contributed by atoms with Crippen LogP contribution in [0.5, 0.6) is 11.5 Å². The third-order valence-electron chi connectivity index (χ3n) is 2.96. The largest absolute Gasteiger partial charge is 0.497 e. The number of hydrogen-bond acceptors (Lipinski definition) is 4. The van der Waals surface area contributed by atoms with Gasteiger partial charge < -0.3 is 14.7 Å². The Bertz CT molecular complexity index is 591. The second-order valence-corrected chi connectivity index (χ2v) is 4.35. The Labute approximate surface area is 118 Å². The smallest absolute Gasteiger partial charge is 0.119 e. The van der Waals surface area contributed by atoms with Crippen LogP contribution in [0, 0.1) is 0 Å². The monoisotopic (exact) mass is 271 g/mol. The third kappa shape index (κ3) is 3.51. The van der Waals surface area contributed by atoms with E-state index < -0.39 is 0 Å². The highest BCUT2D eigenvalue weighted by atomic mass is 16.5. The molecule has 0 unspecified atom stereocenters. The molecule has 0 heterocycles. The molecule has 0 aliphatic heterocycles.